The Kier molecular flexibility index (Phi) is 6.57. The maximum absolute atomic E-state index is 12.6. The standard InChI is InChI=1S/C19H22N2O5S/c1-4-13(2)20-18(22)14-7-6-10-17(12-14)27(24,25)21-16-9-5-8-15(11-16)19(23)26-3/h5-13,21H,4H2,1-3H3,(H,20,22). The Bertz CT molecular complexity index is 941. The summed E-state index contributed by atoms with van der Waals surface area (Å²) in [6.45, 7) is 3.81. The summed E-state index contributed by atoms with van der Waals surface area (Å²) in [6.07, 6.45) is 0.766. The van der Waals surface area contributed by atoms with Gasteiger partial charge in [-0.2, -0.15) is 0 Å². The highest BCUT2D eigenvalue weighted by Gasteiger charge is 2.18. The third-order valence-electron chi connectivity index (χ3n) is 3.93. The molecule has 1 unspecified atom stereocenters. The number of benzene rings is 2. The van der Waals surface area contributed by atoms with Crippen molar-refractivity contribution in [2.24, 2.45) is 0 Å². The summed E-state index contributed by atoms with van der Waals surface area (Å²) in [7, 11) is -2.69. The van der Waals surface area contributed by atoms with Crippen LogP contribution in [-0.4, -0.2) is 33.4 Å². The topological polar surface area (TPSA) is 102 Å². The molecule has 0 bridgehead atoms. The fourth-order valence-corrected chi connectivity index (χ4v) is 3.35. The molecule has 1 amide bonds. The first-order chi connectivity index (χ1) is 12.8. The molecule has 0 fully saturated rings. The Morgan fingerprint density at radius 3 is 2.41 bits per heavy atom. The molecular weight excluding hydrogens is 368 g/mol. The van der Waals surface area contributed by atoms with Crippen molar-refractivity contribution in [2.75, 3.05) is 11.8 Å². The van der Waals surface area contributed by atoms with Crippen LogP contribution in [0.1, 0.15) is 41.0 Å². The number of anilines is 1. The van der Waals surface area contributed by atoms with Crippen molar-refractivity contribution in [1.29, 1.82) is 0 Å². The molecule has 0 aliphatic carbocycles. The molecule has 144 valence electrons. The third kappa shape index (κ3) is 5.30. The highest BCUT2D eigenvalue weighted by molar-refractivity contribution is 7.92. The number of carbonyl (C=O) groups is 2. The number of sulfonamides is 1. The summed E-state index contributed by atoms with van der Waals surface area (Å²) in [5.41, 5.74) is 0.688. The molecule has 0 saturated heterocycles. The van der Waals surface area contributed by atoms with Crippen molar-refractivity contribution >= 4 is 27.6 Å². The Morgan fingerprint density at radius 2 is 1.74 bits per heavy atom. The second kappa shape index (κ2) is 8.68. The van der Waals surface area contributed by atoms with Crippen LogP contribution < -0.4 is 10.0 Å². The van der Waals surface area contributed by atoms with Gasteiger partial charge in [-0.1, -0.05) is 19.1 Å². The maximum atomic E-state index is 12.6. The van der Waals surface area contributed by atoms with Gasteiger partial charge in [0.25, 0.3) is 15.9 Å². The number of ether oxygens (including phenoxy) is 1. The predicted molar refractivity (Wildman–Crippen MR) is 102 cm³/mol. The fourth-order valence-electron chi connectivity index (χ4n) is 2.26. The van der Waals surface area contributed by atoms with Crippen LogP contribution >= 0.6 is 0 Å². The third-order valence-corrected chi connectivity index (χ3v) is 5.31. The molecule has 2 aromatic carbocycles. The number of hydrogen-bond donors (Lipinski definition) is 2. The summed E-state index contributed by atoms with van der Waals surface area (Å²) < 4.78 is 32.3. The summed E-state index contributed by atoms with van der Waals surface area (Å²) in [4.78, 5) is 23.8. The van der Waals surface area contributed by atoms with Gasteiger partial charge in [0.2, 0.25) is 0 Å². The van der Waals surface area contributed by atoms with E-state index >= 15 is 0 Å². The normalized spacial score (nSPS) is 12.1. The summed E-state index contributed by atoms with van der Waals surface area (Å²) in [5, 5.41) is 2.80. The van der Waals surface area contributed by atoms with Gasteiger partial charge >= 0.3 is 5.97 Å². The predicted octanol–water partition coefficient (Wildman–Crippen LogP) is 2.80. The Balaban J connectivity index is 2.26. The van der Waals surface area contributed by atoms with E-state index in [-0.39, 0.29) is 33.7 Å². The first-order valence-corrected chi connectivity index (χ1v) is 9.87. The quantitative estimate of drug-likeness (QED) is 0.708. The van der Waals surface area contributed by atoms with Crippen LogP contribution in [0.15, 0.2) is 53.4 Å². The fraction of sp³-hybridized carbons (Fsp3) is 0.263. The molecule has 0 aliphatic rings. The first-order valence-electron chi connectivity index (χ1n) is 8.39. The van der Waals surface area contributed by atoms with Crippen molar-refractivity contribution < 1.29 is 22.7 Å². The molecule has 0 aromatic heterocycles. The molecule has 2 N–H and O–H groups in total. The van der Waals surface area contributed by atoms with E-state index in [2.05, 4.69) is 14.8 Å². The average molecular weight is 390 g/mol. The van der Waals surface area contributed by atoms with Crippen LogP contribution in [0.3, 0.4) is 0 Å². The first kappa shape index (κ1) is 20.4. The monoisotopic (exact) mass is 390 g/mol. The van der Waals surface area contributed by atoms with Gasteiger partial charge in [0.1, 0.15) is 0 Å². The van der Waals surface area contributed by atoms with Crippen molar-refractivity contribution in [3.63, 3.8) is 0 Å². The molecule has 0 heterocycles. The highest BCUT2D eigenvalue weighted by Crippen LogP contribution is 2.19. The molecular formula is C19H22N2O5S. The van der Waals surface area contributed by atoms with Crippen LogP contribution in [-0.2, 0) is 14.8 Å². The van der Waals surface area contributed by atoms with Crippen LogP contribution in [0.2, 0.25) is 0 Å². The van der Waals surface area contributed by atoms with Gasteiger partial charge in [-0.3, -0.25) is 9.52 Å². The zero-order valence-electron chi connectivity index (χ0n) is 15.4. The van der Waals surface area contributed by atoms with Crippen molar-refractivity contribution in [3.05, 3.63) is 59.7 Å². The molecule has 7 nitrogen and oxygen atoms in total. The minimum atomic E-state index is -3.93. The largest absolute Gasteiger partial charge is 0.465 e. The van der Waals surface area contributed by atoms with E-state index in [4.69, 9.17) is 0 Å². The SMILES string of the molecule is CCC(C)NC(=O)c1cccc(S(=O)(=O)Nc2cccc(C(=O)OC)c2)c1. The van der Waals surface area contributed by atoms with Gasteiger partial charge in [0.05, 0.1) is 17.6 Å². The minimum absolute atomic E-state index is 0.0167. The Hall–Kier alpha value is -2.87. The highest BCUT2D eigenvalue weighted by atomic mass is 32.2. The van der Waals surface area contributed by atoms with E-state index in [0.717, 1.165) is 6.42 Å². The zero-order chi connectivity index (χ0) is 20.0. The Labute approximate surface area is 158 Å². The molecule has 0 spiro atoms. The van der Waals surface area contributed by atoms with Crippen molar-refractivity contribution in [2.45, 2.75) is 31.2 Å². The zero-order valence-corrected chi connectivity index (χ0v) is 16.2. The smallest absolute Gasteiger partial charge is 0.337 e. The molecule has 2 rings (SSSR count). The number of methoxy groups -OCH3 is 1. The lowest BCUT2D eigenvalue weighted by atomic mass is 10.2. The summed E-state index contributed by atoms with van der Waals surface area (Å²) in [6, 6.07) is 11.7. The van der Waals surface area contributed by atoms with Gasteiger partial charge < -0.3 is 10.1 Å². The van der Waals surface area contributed by atoms with Crippen LogP contribution in [0.4, 0.5) is 5.69 Å². The number of amides is 1. The summed E-state index contributed by atoms with van der Waals surface area (Å²) in [5.74, 6) is -0.908. The Morgan fingerprint density at radius 1 is 1.07 bits per heavy atom. The number of nitrogens with one attached hydrogen (secondary N) is 2. The van der Waals surface area contributed by atoms with E-state index in [1.54, 1.807) is 12.1 Å². The van der Waals surface area contributed by atoms with Gasteiger partial charge in [-0.25, -0.2) is 13.2 Å². The van der Waals surface area contributed by atoms with Crippen LogP contribution in [0, 0.1) is 0 Å². The molecule has 8 heteroatoms. The maximum Gasteiger partial charge on any atom is 0.337 e. The summed E-state index contributed by atoms with van der Waals surface area (Å²) >= 11 is 0. The van der Waals surface area contributed by atoms with E-state index in [0.29, 0.717) is 0 Å². The lowest BCUT2D eigenvalue weighted by molar-refractivity contribution is 0.0600. The molecule has 0 saturated carbocycles. The molecule has 1 atom stereocenters. The second-order valence-corrected chi connectivity index (χ2v) is 7.67. The van der Waals surface area contributed by atoms with E-state index in [1.165, 1.54) is 43.5 Å². The molecule has 0 aliphatic heterocycles. The lowest BCUT2D eigenvalue weighted by Crippen LogP contribution is -2.32. The molecule has 2 aromatic rings. The number of hydrogen-bond acceptors (Lipinski definition) is 5. The average Bonchev–Trinajstić information content (AvgIpc) is 2.67. The van der Waals surface area contributed by atoms with Gasteiger partial charge in [-0.15, -0.1) is 0 Å². The van der Waals surface area contributed by atoms with Gasteiger partial charge in [0, 0.05) is 17.3 Å². The van der Waals surface area contributed by atoms with Gasteiger partial charge in [-0.05, 0) is 49.7 Å². The van der Waals surface area contributed by atoms with Crippen LogP contribution in [0.25, 0.3) is 0 Å². The lowest BCUT2D eigenvalue weighted by Gasteiger charge is -2.13. The number of rotatable bonds is 7. The van der Waals surface area contributed by atoms with Crippen molar-refractivity contribution in [3.8, 4) is 0 Å². The second-order valence-electron chi connectivity index (χ2n) is 5.99. The van der Waals surface area contributed by atoms with Crippen molar-refractivity contribution in [1.82, 2.24) is 5.32 Å². The van der Waals surface area contributed by atoms with Crippen LogP contribution in [0.5, 0.6) is 0 Å². The number of esters is 1. The van der Waals surface area contributed by atoms with E-state index < -0.39 is 16.0 Å². The minimum Gasteiger partial charge on any atom is -0.465 e. The van der Waals surface area contributed by atoms with E-state index in [1.807, 2.05) is 13.8 Å². The van der Waals surface area contributed by atoms with Gasteiger partial charge in [0.15, 0.2) is 0 Å². The van der Waals surface area contributed by atoms with E-state index in [9.17, 15) is 18.0 Å². The molecule has 0 radical (unpaired) electrons. The number of carbonyl (C=O) groups excluding carboxylic acids is 2. The molecule has 27 heavy (non-hydrogen) atoms.